The smallest absolute Gasteiger partial charge is 0.320 e. The van der Waals surface area contributed by atoms with Crippen molar-refractivity contribution in [3.8, 4) is 0 Å². The molecule has 0 saturated carbocycles. The summed E-state index contributed by atoms with van der Waals surface area (Å²) in [5, 5.41) is 8.08. The van der Waals surface area contributed by atoms with Crippen LogP contribution < -0.4 is 0 Å². The first-order chi connectivity index (χ1) is 11.8. The average Bonchev–Trinajstić information content (AvgIpc) is 3.07. The molecule has 0 bridgehead atoms. The third-order valence-corrected chi connectivity index (χ3v) is 4.42. The molecule has 0 spiro atoms. The van der Waals surface area contributed by atoms with E-state index in [2.05, 4.69) is 39.5 Å². The van der Waals surface area contributed by atoms with Gasteiger partial charge in [0, 0.05) is 32.7 Å². The number of para-hydroxylation sites is 1. The van der Waals surface area contributed by atoms with Gasteiger partial charge < -0.3 is 4.90 Å². The number of benzene rings is 2. The molecule has 1 amide bonds. The molecule has 1 saturated heterocycles. The quantitative estimate of drug-likeness (QED) is 0.726. The minimum absolute atomic E-state index is 0.0944. The van der Waals surface area contributed by atoms with E-state index in [0.29, 0.717) is 13.1 Å². The number of piperazine rings is 1. The summed E-state index contributed by atoms with van der Waals surface area (Å²) in [6, 6.07) is 17.9. The molecule has 0 aliphatic carbocycles. The maximum Gasteiger partial charge on any atom is 0.346 e. The number of aromatic nitrogens is 3. The van der Waals surface area contributed by atoms with Gasteiger partial charge in [-0.3, -0.25) is 4.90 Å². The van der Waals surface area contributed by atoms with Gasteiger partial charge in [0.25, 0.3) is 0 Å². The minimum atomic E-state index is -0.0944. The number of amides is 1. The predicted octanol–water partition coefficient (Wildman–Crippen LogP) is 2.22. The SMILES string of the molecule is O=C(N1CCN(Cc2ccccc2)CC1)n1nnc2ccccc21. The molecule has 24 heavy (non-hydrogen) atoms. The Bertz CT molecular complexity index is 837. The summed E-state index contributed by atoms with van der Waals surface area (Å²) in [5.74, 6) is 0. The van der Waals surface area contributed by atoms with E-state index in [1.165, 1.54) is 10.2 Å². The molecule has 1 fully saturated rings. The summed E-state index contributed by atoms with van der Waals surface area (Å²) >= 11 is 0. The Labute approximate surface area is 140 Å². The van der Waals surface area contributed by atoms with Crippen molar-refractivity contribution in [3.63, 3.8) is 0 Å². The molecular formula is C18H19N5O. The van der Waals surface area contributed by atoms with Gasteiger partial charge in [-0.05, 0) is 17.7 Å². The van der Waals surface area contributed by atoms with Crippen molar-refractivity contribution in [3.05, 3.63) is 60.2 Å². The monoisotopic (exact) mass is 321 g/mol. The summed E-state index contributed by atoms with van der Waals surface area (Å²) in [6.45, 7) is 4.08. The highest BCUT2D eigenvalue weighted by Gasteiger charge is 2.24. The van der Waals surface area contributed by atoms with E-state index < -0.39 is 0 Å². The predicted molar refractivity (Wildman–Crippen MR) is 91.6 cm³/mol. The van der Waals surface area contributed by atoms with Crippen LogP contribution in [0, 0.1) is 0 Å². The van der Waals surface area contributed by atoms with Gasteiger partial charge in [-0.15, -0.1) is 5.10 Å². The maximum atomic E-state index is 12.7. The molecule has 122 valence electrons. The van der Waals surface area contributed by atoms with Crippen molar-refractivity contribution in [1.82, 2.24) is 24.8 Å². The minimum Gasteiger partial charge on any atom is -0.320 e. The summed E-state index contributed by atoms with van der Waals surface area (Å²) in [5.41, 5.74) is 2.81. The van der Waals surface area contributed by atoms with Crippen molar-refractivity contribution in [2.24, 2.45) is 0 Å². The van der Waals surface area contributed by atoms with Crippen molar-refractivity contribution in [2.45, 2.75) is 6.54 Å². The van der Waals surface area contributed by atoms with Crippen LogP contribution in [-0.2, 0) is 6.54 Å². The maximum absolute atomic E-state index is 12.7. The Morgan fingerprint density at radius 2 is 1.62 bits per heavy atom. The molecule has 3 aromatic rings. The van der Waals surface area contributed by atoms with Gasteiger partial charge in [-0.1, -0.05) is 47.7 Å². The van der Waals surface area contributed by atoms with E-state index in [-0.39, 0.29) is 6.03 Å². The van der Waals surface area contributed by atoms with E-state index >= 15 is 0 Å². The van der Waals surface area contributed by atoms with E-state index in [1.807, 2.05) is 35.2 Å². The number of fused-ring (bicyclic) bond motifs is 1. The fourth-order valence-corrected chi connectivity index (χ4v) is 3.08. The van der Waals surface area contributed by atoms with Gasteiger partial charge >= 0.3 is 6.03 Å². The van der Waals surface area contributed by atoms with E-state index in [0.717, 1.165) is 30.7 Å². The van der Waals surface area contributed by atoms with Gasteiger partial charge in [-0.2, -0.15) is 4.68 Å². The van der Waals surface area contributed by atoms with Crippen LogP contribution in [0.3, 0.4) is 0 Å². The largest absolute Gasteiger partial charge is 0.346 e. The van der Waals surface area contributed by atoms with E-state index in [9.17, 15) is 4.79 Å². The van der Waals surface area contributed by atoms with Gasteiger partial charge in [-0.25, -0.2) is 4.79 Å². The number of hydrogen-bond donors (Lipinski definition) is 0. The average molecular weight is 321 g/mol. The lowest BCUT2D eigenvalue weighted by atomic mass is 10.2. The number of hydrogen-bond acceptors (Lipinski definition) is 4. The highest BCUT2D eigenvalue weighted by Crippen LogP contribution is 2.13. The molecule has 0 radical (unpaired) electrons. The summed E-state index contributed by atoms with van der Waals surface area (Å²) in [6.07, 6.45) is 0. The van der Waals surface area contributed by atoms with E-state index in [4.69, 9.17) is 0 Å². The van der Waals surface area contributed by atoms with Gasteiger partial charge in [0.15, 0.2) is 0 Å². The van der Waals surface area contributed by atoms with Crippen LogP contribution in [0.15, 0.2) is 54.6 Å². The molecular weight excluding hydrogens is 302 g/mol. The first-order valence-corrected chi connectivity index (χ1v) is 8.17. The van der Waals surface area contributed by atoms with Crippen LogP contribution >= 0.6 is 0 Å². The molecule has 6 nitrogen and oxygen atoms in total. The number of carbonyl (C=O) groups is 1. The highest BCUT2D eigenvalue weighted by molar-refractivity contribution is 5.87. The second kappa shape index (κ2) is 6.41. The Kier molecular flexibility index (Phi) is 3.96. The summed E-state index contributed by atoms with van der Waals surface area (Å²) in [7, 11) is 0. The second-order valence-corrected chi connectivity index (χ2v) is 6.02. The van der Waals surface area contributed by atoms with Crippen LogP contribution in [0.25, 0.3) is 11.0 Å². The fourth-order valence-electron chi connectivity index (χ4n) is 3.08. The Hall–Kier alpha value is -2.73. The molecule has 1 aromatic heterocycles. The van der Waals surface area contributed by atoms with Gasteiger partial charge in [0.05, 0.1) is 5.52 Å². The zero-order valence-corrected chi connectivity index (χ0v) is 13.4. The third kappa shape index (κ3) is 2.88. The van der Waals surface area contributed by atoms with Crippen molar-refractivity contribution >= 4 is 17.1 Å². The van der Waals surface area contributed by atoms with Crippen molar-refractivity contribution in [1.29, 1.82) is 0 Å². The van der Waals surface area contributed by atoms with Crippen LogP contribution in [0.5, 0.6) is 0 Å². The molecule has 4 rings (SSSR count). The van der Waals surface area contributed by atoms with Crippen LogP contribution in [0.1, 0.15) is 5.56 Å². The molecule has 0 atom stereocenters. The molecule has 1 aliphatic heterocycles. The topological polar surface area (TPSA) is 54.3 Å². The van der Waals surface area contributed by atoms with Crippen LogP contribution in [-0.4, -0.2) is 57.0 Å². The van der Waals surface area contributed by atoms with Crippen molar-refractivity contribution in [2.75, 3.05) is 26.2 Å². The molecule has 6 heteroatoms. The Balaban J connectivity index is 1.41. The molecule has 0 unspecified atom stereocenters. The molecule has 1 aliphatic rings. The first kappa shape index (κ1) is 14.8. The van der Waals surface area contributed by atoms with Gasteiger partial charge in [0.1, 0.15) is 5.52 Å². The lowest BCUT2D eigenvalue weighted by Crippen LogP contribution is -2.49. The normalized spacial score (nSPS) is 15.8. The second-order valence-electron chi connectivity index (χ2n) is 6.02. The summed E-state index contributed by atoms with van der Waals surface area (Å²) < 4.78 is 1.40. The number of rotatable bonds is 2. The number of nitrogens with zero attached hydrogens (tertiary/aromatic N) is 5. The third-order valence-electron chi connectivity index (χ3n) is 4.42. The van der Waals surface area contributed by atoms with Crippen LogP contribution in [0.4, 0.5) is 4.79 Å². The molecule has 2 heterocycles. The van der Waals surface area contributed by atoms with Crippen LogP contribution in [0.2, 0.25) is 0 Å². The van der Waals surface area contributed by atoms with E-state index in [1.54, 1.807) is 0 Å². The summed E-state index contributed by atoms with van der Waals surface area (Å²) in [4.78, 5) is 16.9. The standard InChI is InChI=1S/C18H19N5O/c24-18(23-17-9-5-4-8-16(17)19-20-23)22-12-10-21(11-13-22)14-15-6-2-1-3-7-15/h1-9H,10-14H2. The lowest BCUT2D eigenvalue weighted by molar-refractivity contribution is 0.134. The molecule has 2 aromatic carbocycles. The molecule has 0 N–H and O–H groups in total. The zero-order valence-electron chi connectivity index (χ0n) is 13.4. The van der Waals surface area contributed by atoms with Gasteiger partial charge in [0.2, 0.25) is 0 Å². The lowest BCUT2D eigenvalue weighted by Gasteiger charge is -2.34. The number of carbonyl (C=O) groups excluding carboxylic acids is 1. The first-order valence-electron chi connectivity index (χ1n) is 8.17. The van der Waals surface area contributed by atoms with Crippen molar-refractivity contribution < 1.29 is 4.79 Å². The Morgan fingerprint density at radius 1 is 0.917 bits per heavy atom. The fraction of sp³-hybridized carbons (Fsp3) is 0.278. The zero-order chi connectivity index (χ0) is 16.4. The Morgan fingerprint density at radius 3 is 2.42 bits per heavy atom. The highest BCUT2D eigenvalue weighted by atomic mass is 16.2.